The van der Waals surface area contributed by atoms with Crippen molar-refractivity contribution in [2.75, 3.05) is 0 Å². The molecule has 102 valence electrons. The van der Waals surface area contributed by atoms with Crippen LogP contribution in [0.2, 0.25) is 0 Å². The molecule has 0 atom stereocenters. The third kappa shape index (κ3) is 6.45. The van der Waals surface area contributed by atoms with Gasteiger partial charge in [-0.3, -0.25) is 0 Å². The van der Waals surface area contributed by atoms with Crippen molar-refractivity contribution in [3.63, 3.8) is 0 Å². The molecule has 1 saturated carbocycles. The van der Waals surface area contributed by atoms with Crippen molar-refractivity contribution in [2.24, 2.45) is 11.7 Å². The molecule has 0 heterocycles. The van der Waals surface area contributed by atoms with Gasteiger partial charge in [-0.15, -0.1) is 0 Å². The fraction of sp³-hybridized carbons (Fsp3) is 1.00. The van der Waals surface area contributed by atoms with E-state index in [0.717, 1.165) is 5.92 Å². The lowest BCUT2D eigenvalue weighted by Crippen LogP contribution is -2.42. The molecule has 1 aliphatic rings. The fourth-order valence-corrected chi connectivity index (χ4v) is 3.02. The van der Waals surface area contributed by atoms with E-state index < -0.39 is 0 Å². The summed E-state index contributed by atoms with van der Waals surface area (Å²) in [6.45, 7) is 4.65. The summed E-state index contributed by atoms with van der Waals surface area (Å²) < 4.78 is 0. The number of nitrogens with two attached hydrogens (primary N) is 1. The second-order valence-corrected chi connectivity index (χ2v) is 6.42. The van der Waals surface area contributed by atoms with Crippen molar-refractivity contribution in [1.29, 1.82) is 0 Å². The molecule has 0 aliphatic heterocycles. The topological polar surface area (TPSA) is 26.0 Å². The summed E-state index contributed by atoms with van der Waals surface area (Å²) in [5, 5.41) is 0. The molecule has 1 nitrogen and oxygen atoms in total. The number of unbranched alkanes of at least 4 members (excludes halogenated alkanes) is 6. The predicted molar refractivity (Wildman–Crippen MR) is 77.2 cm³/mol. The Bertz CT molecular complexity index is 180. The zero-order valence-electron chi connectivity index (χ0n) is 12.1. The molecule has 0 radical (unpaired) electrons. The van der Waals surface area contributed by atoms with Gasteiger partial charge in [0.15, 0.2) is 0 Å². The van der Waals surface area contributed by atoms with E-state index in [1.807, 2.05) is 0 Å². The van der Waals surface area contributed by atoms with E-state index in [2.05, 4.69) is 13.8 Å². The number of rotatable bonds is 8. The van der Waals surface area contributed by atoms with Crippen molar-refractivity contribution in [3.05, 3.63) is 0 Å². The average Bonchev–Trinajstić information content (AvgIpc) is 2.32. The lowest BCUT2D eigenvalue weighted by atomic mass is 9.75. The molecule has 0 spiro atoms. The molecule has 0 aromatic heterocycles. The van der Waals surface area contributed by atoms with Crippen LogP contribution in [0.15, 0.2) is 0 Å². The van der Waals surface area contributed by atoms with Crippen LogP contribution < -0.4 is 5.73 Å². The second-order valence-electron chi connectivity index (χ2n) is 6.42. The van der Waals surface area contributed by atoms with Crippen LogP contribution in [0.5, 0.6) is 0 Å². The van der Waals surface area contributed by atoms with Crippen LogP contribution in [0, 0.1) is 5.92 Å². The van der Waals surface area contributed by atoms with Crippen molar-refractivity contribution < 1.29 is 0 Å². The van der Waals surface area contributed by atoms with Crippen LogP contribution in [-0.4, -0.2) is 5.54 Å². The summed E-state index contributed by atoms with van der Waals surface area (Å²) in [5.74, 6) is 0.917. The quantitative estimate of drug-likeness (QED) is 0.590. The monoisotopic (exact) mass is 239 g/mol. The van der Waals surface area contributed by atoms with Crippen LogP contribution >= 0.6 is 0 Å². The smallest absolute Gasteiger partial charge is 0.0154 e. The largest absolute Gasteiger partial charge is 0.325 e. The molecule has 1 fully saturated rings. The summed E-state index contributed by atoms with van der Waals surface area (Å²) in [7, 11) is 0. The van der Waals surface area contributed by atoms with E-state index in [1.165, 1.54) is 77.0 Å². The zero-order valence-corrected chi connectivity index (χ0v) is 12.1. The van der Waals surface area contributed by atoms with E-state index >= 15 is 0 Å². The Hall–Kier alpha value is -0.0400. The molecule has 0 unspecified atom stereocenters. The Morgan fingerprint density at radius 3 is 2.06 bits per heavy atom. The molecule has 0 amide bonds. The first-order valence-corrected chi connectivity index (χ1v) is 7.95. The lowest BCUT2D eigenvalue weighted by molar-refractivity contribution is 0.226. The first-order valence-electron chi connectivity index (χ1n) is 7.95. The number of hydrogen-bond donors (Lipinski definition) is 1. The number of hydrogen-bond acceptors (Lipinski definition) is 1. The van der Waals surface area contributed by atoms with Crippen LogP contribution in [0.25, 0.3) is 0 Å². The fourth-order valence-electron chi connectivity index (χ4n) is 3.02. The van der Waals surface area contributed by atoms with Crippen LogP contribution in [0.4, 0.5) is 0 Å². The Balaban J connectivity index is 1.98. The Kier molecular flexibility index (Phi) is 7.18. The molecule has 0 bridgehead atoms. The minimum atomic E-state index is 0.204. The van der Waals surface area contributed by atoms with Crippen LogP contribution in [0.1, 0.15) is 90.9 Å². The summed E-state index contributed by atoms with van der Waals surface area (Å²) in [5.41, 5.74) is 6.69. The minimum Gasteiger partial charge on any atom is -0.325 e. The van der Waals surface area contributed by atoms with E-state index in [1.54, 1.807) is 0 Å². The van der Waals surface area contributed by atoms with Gasteiger partial charge in [0.2, 0.25) is 0 Å². The summed E-state index contributed by atoms with van der Waals surface area (Å²) >= 11 is 0. The predicted octanol–water partition coefficient (Wildman–Crippen LogP) is 5.03. The van der Waals surface area contributed by atoms with Gasteiger partial charge in [0.05, 0.1) is 0 Å². The molecule has 0 aromatic carbocycles. The van der Waals surface area contributed by atoms with Gasteiger partial charge in [0.1, 0.15) is 0 Å². The Morgan fingerprint density at radius 1 is 0.941 bits per heavy atom. The third-order valence-electron chi connectivity index (χ3n) is 4.55. The Morgan fingerprint density at radius 2 is 1.47 bits per heavy atom. The van der Waals surface area contributed by atoms with E-state index in [9.17, 15) is 0 Å². The van der Waals surface area contributed by atoms with Gasteiger partial charge in [0, 0.05) is 5.54 Å². The minimum absolute atomic E-state index is 0.204. The highest BCUT2D eigenvalue weighted by Crippen LogP contribution is 2.33. The van der Waals surface area contributed by atoms with Gasteiger partial charge in [-0.1, -0.05) is 58.8 Å². The second kappa shape index (κ2) is 8.13. The van der Waals surface area contributed by atoms with E-state index in [-0.39, 0.29) is 5.54 Å². The Labute approximate surface area is 109 Å². The zero-order chi connectivity index (χ0) is 12.6. The molecule has 0 saturated heterocycles. The summed E-state index contributed by atoms with van der Waals surface area (Å²) in [6, 6.07) is 0. The van der Waals surface area contributed by atoms with E-state index in [0.29, 0.717) is 0 Å². The normalized spacial score (nSPS) is 29.5. The molecule has 1 rings (SSSR count). The van der Waals surface area contributed by atoms with Crippen molar-refractivity contribution in [3.8, 4) is 0 Å². The van der Waals surface area contributed by atoms with Gasteiger partial charge in [-0.25, -0.2) is 0 Å². The highest BCUT2D eigenvalue weighted by molar-refractivity contribution is 4.88. The van der Waals surface area contributed by atoms with Gasteiger partial charge >= 0.3 is 0 Å². The first-order chi connectivity index (χ1) is 8.16. The maximum atomic E-state index is 6.48. The molecule has 17 heavy (non-hydrogen) atoms. The molecular weight excluding hydrogens is 206 g/mol. The van der Waals surface area contributed by atoms with Crippen molar-refractivity contribution in [2.45, 2.75) is 96.4 Å². The molecule has 1 heteroatoms. The average molecular weight is 239 g/mol. The summed E-state index contributed by atoms with van der Waals surface area (Å²) in [6.07, 6.45) is 16.3. The molecular formula is C16H33N. The molecule has 2 N–H and O–H groups in total. The highest BCUT2D eigenvalue weighted by atomic mass is 14.7. The SMILES string of the molecule is CCCCCCCCCC1(N)CCC(C)CC1. The maximum absolute atomic E-state index is 6.48. The third-order valence-corrected chi connectivity index (χ3v) is 4.55. The molecule has 0 aromatic rings. The van der Waals surface area contributed by atoms with Crippen molar-refractivity contribution in [1.82, 2.24) is 0 Å². The van der Waals surface area contributed by atoms with E-state index in [4.69, 9.17) is 5.73 Å². The first kappa shape index (κ1) is 15.0. The van der Waals surface area contributed by atoms with Crippen LogP contribution in [0.3, 0.4) is 0 Å². The van der Waals surface area contributed by atoms with Gasteiger partial charge < -0.3 is 5.73 Å². The highest BCUT2D eigenvalue weighted by Gasteiger charge is 2.29. The van der Waals surface area contributed by atoms with Gasteiger partial charge in [-0.05, 0) is 38.0 Å². The van der Waals surface area contributed by atoms with Crippen LogP contribution in [-0.2, 0) is 0 Å². The maximum Gasteiger partial charge on any atom is 0.0154 e. The lowest BCUT2D eigenvalue weighted by Gasteiger charge is -2.36. The van der Waals surface area contributed by atoms with Crippen molar-refractivity contribution >= 4 is 0 Å². The van der Waals surface area contributed by atoms with Gasteiger partial charge in [0.25, 0.3) is 0 Å². The van der Waals surface area contributed by atoms with Gasteiger partial charge in [-0.2, -0.15) is 0 Å². The summed E-state index contributed by atoms with van der Waals surface area (Å²) in [4.78, 5) is 0. The molecule has 1 aliphatic carbocycles. The standard InChI is InChI=1S/C16H33N/c1-3-4-5-6-7-8-9-12-16(17)13-10-15(2)11-14-16/h15H,3-14,17H2,1-2H3.